The van der Waals surface area contributed by atoms with Crippen LogP contribution in [0.5, 0.6) is 0 Å². The lowest BCUT2D eigenvalue weighted by Crippen LogP contribution is -2.62. The molecule has 0 aliphatic carbocycles. The van der Waals surface area contributed by atoms with Gasteiger partial charge in [0.1, 0.15) is 17.1 Å². The SMILES string of the molecule is CC1(c2ccccc2)NC(=O)CN(Cc2nccs2)C1=O. The Morgan fingerprint density at radius 1 is 1.33 bits per heavy atom. The molecule has 0 spiro atoms. The van der Waals surface area contributed by atoms with Gasteiger partial charge in [0.05, 0.1) is 6.54 Å². The molecule has 3 rings (SSSR count). The van der Waals surface area contributed by atoms with E-state index in [9.17, 15) is 9.59 Å². The van der Waals surface area contributed by atoms with E-state index in [0.717, 1.165) is 10.6 Å². The van der Waals surface area contributed by atoms with E-state index in [1.807, 2.05) is 35.7 Å². The van der Waals surface area contributed by atoms with Gasteiger partial charge >= 0.3 is 0 Å². The van der Waals surface area contributed by atoms with Gasteiger partial charge in [0.25, 0.3) is 5.91 Å². The molecule has 5 nitrogen and oxygen atoms in total. The highest BCUT2D eigenvalue weighted by Crippen LogP contribution is 2.27. The molecule has 2 heterocycles. The number of nitrogens with one attached hydrogen (secondary N) is 1. The van der Waals surface area contributed by atoms with Crippen LogP contribution >= 0.6 is 11.3 Å². The first-order chi connectivity index (χ1) is 10.1. The zero-order chi connectivity index (χ0) is 14.9. The molecular formula is C15H15N3O2S. The standard InChI is InChI=1S/C15H15N3O2S/c1-15(11-5-3-2-4-6-11)14(20)18(9-12(19)17-15)10-13-16-7-8-21-13/h2-8H,9-10H2,1H3,(H,17,19). The third-order valence-corrected chi connectivity index (χ3v) is 4.36. The smallest absolute Gasteiger partial charge is 0.253 e. The molecule has 108 valence electrons. The Morgan fingerprint density at radius 2 is 2.10 bits per heavy atom. The van der Waals surface area contributed by atoms with Crippen molar-refractivity contribution < 1.29 is 9.59 Å². The Bertz CT molecular complexity index is 657. The molecule has 1 aromatic heterocycles. The fraction of sp³-hybridized carbons (Fsp3) is 0.267. The molecule has 6 heteroatoms. The molecule has 1 aliphatic rings. The monoisotopic (exact) mass is 301 g/mol. The number of amides is 2. The van der Waals surface area contributed by atoms with Gasteiger partial charge < -0.3 is 10.2 Å². The second-order valence-electron chi connectivity index (χ2n) is 5.13. The van der Waals surface area contributed by atoms with Crippen molar-refractivity contribution >= 4 is 23.2 Å². The third-order valence-electron chi connectivity index (χ3n) is 3.60. The van der Waals surface area contributed by atoms with E-state index in [1.165, 1.54) is 11.3 Å². The highest BCUT2D eigenvalue weighted by atomic mass is 32.1. The Labute approximate surface area is 126 Å². The van der Waals surface area contributed by atoms with Gasteiger partial charge in [-0.3, -0.25) is 9.59 Å². The van der Waals surface area contributed by atoms with Crippen LogP contribution in [0.1, 0.15) is 17.5 Å². The van der Waals surface area contributed by atoms with Crippen LogP contribution in [-0.2, 0) is 21.7 Å². The molecule has 0 bridgehead atoms. The number of carbonyl (C=O) groups is 2. The highest BCUT2D eigenvalue weighted by molar-refractivity contribution is 7.09. The van der Waals surface area contributed by atoms with Crippen molar-refractivity contribution in [2.24, 2.45) is 0 Å². The van der Waals surface area contributed by atoms with Gasteiger partial charge in [0.15, 0.2) is 0 Å². The number of benzene rings is 1. The van der Waals surface area contributed by atoms with E-state index in [0.29, 0.717) is 6.54 Å². The van der Waals surface area contributed by atoms with Gasteiger partial charge in [0.2, 0.25) is 5.91 Å². The second kappa shape index (κ2) is 5.29. The fourth-order valence-electron chi connectivity index (χ4n) is 2.52. The van der Waals surface area contributed by atoms with E-state index in [2.05, 4.69) is 10.3 Å². The average Bonchev–Trinajstić information content (AvgIpc) is 2.98. The summed E-state index contributed by atoms with van der Waals surface area (Å²) in [5.41, 5.74) is -0.236. The number of nitrogens with zero attached hydrogens (tertiary/aromatic N) is 2. The van der Waals surface area contributed by atoms with Crippen LogP contribution in [0.4, 0.5) is 0 Å². The number of hydrogen-bond donors (Lipinski definition) is 1. The van der Waals surface area contributed by atoms with E-state index in [1.54, 1.807) is 18.0 Å². The molecule has 0 radical (unpaired) electrons. The molecule has 0 saturated carbocycles. The lowest BCUT2D eigenvalue weighted by Gasteiger charge is -2.39. The quantitative estimate of drug-likeness (QED) is 0.935. The summed E-state index contributed by atoms with van der Waals surface area (Å²) < 4.78 is 0. The Hall–Kier alpha value is -2.21. The summed E-state index contributed by atoms with van der Waals surface area (Å²) in [6, 6.07) is 9.31. The maximum Gasteiger partial charge on any atom is 0.253 e. The Morgan fingerprint density at radius 3 is 2.76 bits per heavy atom. The summed E-state index contributed by atoms with van der Waals surface area (Å²) in [6.45, 7) is 2.18. The first kappa shape index (κ1) is 13.8. The van der Waals surface area contributed by atoms with Crippen molar-refractivity contribution in [3.8, 4) is 0 Å². The molecule has 1 N–H and O–H groups in total. The predicted octanol–water partition coefficient (Wildman–Crippen LogP) is 1.52. The topological polar surface area (TPSA) is 62.3 Å². The van der Waals surface area contributed by atoms with Gasteiger partial charge in [-0.15, -0.1) is 11.3 Å². The third kappa shape index (κ3) is 2.54. The van der Waals surface area contributed by atoms with Crippen LogP contribution in [0.25, 0.3) is 0 Å². The Kier molecular flexibility index (Phi) is 3.47. The van der Waals surface area contributed by atoms with Gasteiger partial charge in [-0.25, -0.2) is 4.98 Å². The normalized spacial score (nSPS) is 22.2. The van der Waals surface area contributed by atoms with Crippen molar-refractivity contribution in [2.45, 2.75) is 19.0 Å². The number of piperazine rings is 1. The fourth-order valence-corrected chi connectivity index (χ4v) is 3.15. The van der Waals surface area contributed by atoms with E-state index in [-0.39, 0.29) is 18.4 Å². The van der Waals surface area contributed by atoms with Crippen LogP contribution in [0.3, 0.4) is 0 Å². The maximum absolute atomic E-state index is 12.8. The number of carbonyl (C=O) groups excluding carboxylic acids is 2. The van der Waals surface area contributed by atoms with Crippen molar-refractivity contribution in [1.29, 1.82) is 0 Å². The van der Waals surface area contributed by atoms with Gasteiger partial charge in [0, 0.05) is 11.6 Å². The van der Waals surface area contributed by atoms with Crippen LogP contribution in [0.15, 0.2) is 41.9 Å². The molecular weight excluding hydrogens is 286 g/mol. The molecule has 1 saturated heterocycles. The number of thiazole rings is 1. The molecule has 1 fully saturated rings. The molecule has 1 atom stereocenters. The summed E-state index contributed by atoms with van der Waals surface area (Å²) in [7, 11) is 0. The number of aromatic nitrogens is 1. The molecule has 21 heavy (non-hydrogen) atoms. The number of hydrogen-bond acceptors (Lipinski definition) is 4. The second-order valence-corrected chi connectivity index (χ2v) is 6.11. The van der Waals surface area contributed by atoms with Gasteiger partial charge in [-0.1, -0.05) is 30.3 Å². The van der Waals surface area contributed by atoms with Crippen LogP contribution in [0, 0.1) is 0 Å². The maximum atomic E-state index is 12.8. The summed E-state index contributed by atoms with van der Waals surface area (Å²) in [5, 5.41) is 5.51. The van der Waals surface area contributed by atoms with E-state index in [4.69, 9.17) is 0 Å². The van der Waals surface area contributed by atoms with Gasteiger partial charge in [-0.2, -0.15) is 0 Å². The minimum absolute atomic E-state index is 0.0703. The summed E-state index contributed by atoms with van der Waals surface area (Å²) in [4.78, 5) is 30.6. The summed E-state index contributed by atoms with van der Waals surface area (Å²) >= 11 is 1.48. The predicted molar refractivity (Wildman–Crippen MR) is 79.5 cm³/mol. The summed E-state index contributed by atoms with van der Waals surface area (Å²) in [5.74, 6) is -0.263. The van der Waals surface area contributed by atoms with Crippen LogP contribution in [0.2, 0.25) is 0 Å². The highest BCUT2D eigenvalue weighted by Gasteiger charge is 2.44. The van der Waals surface area contributed by atoms with E-state index < -0.39 is 5.54 Å². The van der Waals surface area contributed by atoms with Crippen LogP contribution in [-0.4, -0.2) is 28.2 Å². The summed E-state index contributed by atoms with van der Waals surface area (Å²) in [6.07, 6.45) is 1.70. The lowest BCUT2D eigenvalue weighted by molar-refractivity contribution is -0.150. The zero-order valence-corrected chi connectivity index (χ0v) is 12.4. The van der Waals surface area contributed by atoms with Gasteiger partial charge in [-0.05, 0) is 12.5 Å². The van der Waals surface area contributed by atoms with E-state index >= 15 is 0 Å². The zero-order valence-electron chi connectivity index (χ0n) is 11.6. The minimum Gasteiger partial charge on any atom is -0.337 e. The average molecular weight is 301 g/mol. The van der Waals surface area contributed by atoms with Crippen molar-refractivity contribution in [3.63, 3.8) is 0 Å². The first-order valence-electron chi connectivity index (χ1n) is 6.64. The largest absolute Gasteiger partial charge is 0.337 e. The molecule has 1 aromatic carbocycles. The molecule has 1 unspecified atom stereocenters. The van der Waals surface area contributed by atoms with Crippen LogP contribution < -0.4 is 5.32 Å². The number of rotatable bonds is 3. The minimum atomic E-state index is -1.02. The molecule has 2 aromatic rings. The molecule has 1 aliphatic heterocycles. The Balaban J connectivity index is 1.91. The lowest BCUT2D eigenvalue weighted by atomic mass is 9.88. The van der Waals surface area contributed by atoms with Crippen molar-refractivity contribution in [3.05, 3.63) is 52.5 Å². The van der Waals surface area contributed by atoms with Crippen molar-refractivity contribution in [2.75, 3.05) is 6.54 Å². The van der Waals surface area contributed by atoms with Crippen molar-refractivity contribution in [1.82, 2.24) is 15.2 Å². The molecule has 2 amide bonds. The first-order valence-corrected chi connectivity index (χ1v) is 7.52.